The molecule has 0 spiro atoms. The maximum atomic E-state index is 3.80. The number of hydrogen-bond acceptors (Lipinski definition) is 2. The number of rotatable bonds is 2. The smallest absolute Gasteiger partial charge is 0.271 e. The molecule has 3 heteroatoms. The summed E-state index contributed by atoms with van der Waals surface area (Å²) in [7, 11) is 0. The van der Waals surface area contributed by atoms with E-state index in [0.29, 0.717) is 24.2 Å². The highest BCUT2D eigenvalue weighted by molar-refractivity contribution is 5.77. The molecule has 0 radical (unpaired) electrons. The maximum Gasteiger partial charge on any atom is 0.347 e. The van der Waals surface area contributed by atoms with Gasteiger partial charge in [0.25, 0.3) is 0 Å². The van der Waals surface area contributed by atoms with Crippen molar-refractivity contribution >= 4 is 5.96 Å². The Morgan fingerprint density at radius 2 is 1.12 bits per heavy atom. The number of nitrogens with one attached hydrogen (secondary N) is 2. The van der Waals surface area contributed by atoms with Gasteiger partial charge in [-0.05, 0) is 24.0 Å². The fourth-order valence-corrected chi connectivity index (χ4v) is 4.78. The lowest BCUT2D eigenvalue weighted by molar-refractivity contribution is -0.593. The molecule has 3 nitrogen and oxygen atoms in total. The lowest BCUT2D eigenvalue weighted by Gasteiger charge is -2.36. The van der Waals surface area contributed by atoms with Crippen LogP contribution in [0.2, 0.25) is 0 Å². The molecule has 24 heavy (non-hydrogen) atoms. The number of benzene rings is 2. The first-order valence-electron chi connectivity index (χ1n) is 9.17. The molecule has 5 rings (SSSR count). The Hall–Kier alpha value is -2.29. The molecule has 0 unspecified atom stereocenters. The summed E-state index contributed by atoms with van der Waals surface area (Å²) in [5.74, 6) is 1.25. The van der Waals surface area contributed by atoms with Crippen LogP contribution in [0.5, 0.6) is 0 Å². The molecule has 3 heterocycles. The van der Waals surface area contributed by atoms with Gasteiger partial charge in [-0.2, -0.15) is 0 Å². The summed E-state index contributed by atoms with van der Waals surface area (Å²) in [6, 6.07) is 24.0. The number of nitrogens with zero attached hydrogens (tertiary/aromatic N) is 1. The largest absolute Gasteiger partial charge is 0.347 e. The molecular weight excluding hydrogens is 294 g/mol. The van der Waals surface area contributed by atoms with Crippen LogP contribution in [0.1, 0.15) is 48.9 Å². The van der Waals surface area contributed by atoms with Crippen molar-refractivity contribution in [2.75, 3.05) is 0 Å². The van der Waals surface area contributed by atoms with Gasteiger partial charge in [-0.25, -0.2) is 0 Å². The van der Waals surface area contributed by atoms with E-state index >= 15 is 0 Å². The van der Waals surface area contributed by atoms with Crippen molar-refractivity contribution < 1.29 is 4.58 Å². The highest BCUT2D eigenvalue weighted by Crippen LogP contribution is 2.37. The van der Waals surface area contributed by atoms with Crippen molar-refractivity contribution in [1.82, 2.24) is 10.6 Å². The molecule has 0 amide bonds. The minimum atomic E-state index is 0.420. The van der Waals surface area contributed by atoms with Crippen LogP contribution in [-0.2, 0) is 0 Å². The van der Waals surface area contributed by atoms with E-state index in [-0.39, 0.29) is 0 Å². The second kappa shape index (κ2) is 5.66. The average Bonchev–Trinajstić information content (AvgIpc) is 3.07. The molecule has 0 saturated carbocycles. The molecule has 4 atom stereocenters. The van der Waals surface area contributed by atoms with Crippen LogP contribution in [0.4, 0.5) is 0 Å². The topological polar surface area (TPSA) is 27.1 Å². The molecule has 0 aromatic heterocycles. The molecule has 0 aliphatic carbocycles. The standard InChI is InChI=1S/C21H23N3/c1-3-7-15(8-4-1)19-13-17-11-12-18-14-20(16-9-5-2-6-10-16)23-21(22-19)24(17)18/h1-10,17-20H,11-14H2,(H,22,23)/p+1/t17-,18+,19-,20+. The van der Waals surface area contributed by atoms with Gasteiger partial charge in [0.2, 0.25) is 0 Å². The third-order valence-electron chi connectivity index (χ3n) is 5.92. The molecule has 0 bridgehead atoms. The van der Waals surface area contributed by atoms with E-state index in [9.17, 15) is 0 Å². The van der Waals surface area contributed by atoms with Crippen LogP contribution in [0.25, 0.3) is 0 Å². The van der Waals surface area contributed by atoms with Crippen molar-refractivity contribution in [3.05, 3.63) is 71.8 Å². The van der Waals surface area contributed by atoms with Gasteiger partial charge in [-0.3, -0.25) is 15.2 Å². The van der Waals surface area contributed by atoms with E-state index < -0.39 is 0 Å². The maximum absolute atomic E-state index is 3.80. The van der Waals surface area contributed by atoms with Crippen LogP contribution < -0.4 is 10.6 Å². The fourth-order valence-electron chi connectivity index (χ4n) is 4.78. The van der Waals surface area contributed by atoms with Crippen molar-refractivity contribution in [2.45, 2.75) is 49.9 Å². The van der Waals surface area contributed by atoms with Gasteiger partial charge in [0.15, 0.2) is 0 Å². The normalized spacial score (nSPS) is 31.2. The van der Waals surface area contributed by atoms with Crippen LogP contribution in [0.15, 0.2) is 60.7 Å². The van der Waals surface area contributed by atoms with Gasteiger partial charge < -0.3 is 0 Å². The lowest BCUT2D eigenvalue weighted by atomic mass is 9.95. The third-order valence-corrected chi connectivity index (χ3v) is 5.92. The van der Waals surface area contributed by atoms with E-state index in [4.69, 9.17) is 0 Å². The minimum Gasteiger partial charge on any atom is -0.271 e. The monoisotopic (exact) mass is 318 g/mol. The van der Waals surface area contributed by atoms with Gasteiger partial charge >= 0.3 is 5.96 Å². The third kappa shape index (κ3) is 2.31. The van der Waals surface area contributed by atoms with Crippen LogP contribution in [0.3, 0.4) is 0 Å². The quantitative estimate of drug-likeness (QED) is 0.831. The van der Waals surface area contributed by atoms with E-state index in [1.807, 2.05) is 0 Å². The highest BCUT2D eigenvalue weighted by Gasteiger charge is 2.46. The summed E-state index contributed by atoms with van der Waals surface area (Å²) >= 11 is 0. The van der Waals surface area contributed by atoms with Crippen molar-refractivity contribution in [2.24, 2.45) is 0 Å². The molecule has 1 fully saturated rings. The molecule has 1 saturated heterocycles. The fraction of sp³-hybridized carbons (Fsp3) is 0.381. The molecule has 2 N–H and O–H groups in total. The van der Waals surface area contributed by atoms with Gasteiger partial charge in [0.1, 0.15) is 12.1 Å². The summed E-state index contributed by atoms with van der Waals surface area (Å²) < 4.78 is 2.64. The minimum absolute atomic E-state index is 0.420. The van der Waals surface area contributed by atoms with E-state index in [0.717, 1.165) is 0 Å². The second-order valence-electron chi connectivity index (χ2n) is 7.33. The molecule has 3 aliphatic heterocycles. The number of hydrogen-bond donors (Lipinski definition) is 2. The Morgan fingerprint density at radius 3 is 1.58 bits per heavy atom. The Kier molecular flexibility index (Phi) is 3.32. The van der Waals surface area contributed by atoms with E-state index in [1.165, 1.54) is 42.8 Å². The summed E-state index contributed by atoms with van der Waals surface area (Å²) in [6.07, 6.45) is 5.06. The zero-order chi connectivity index (χ0) is 15.9. The van der Waals surface area contributed by atoms with Gasteiger partial charge in [0, 0.05) is 12.8 Å². The van der Waals surface area contributed by atoms with Crippen molar-refractivity contribution in [3.63, 3.8) is 0 Å². The average molecular weight is 318 g/mol. The van der Waals surface area contributed by atoms with Crippen molar-refractivity contribution in [3.8, 4) is 0 Å². The first-order chi connectivity index (χ1) is 11.9. The predicted octanol–water partition coefficient (Wildman–Crippen LogP) is 3.36. The Balaban J connectivity index is 1.46. The Bertz CT molecular complexity index is 690. The number of guanidine groups is 1. The van der Waals surface area contributed by atoms with Crippen LogP contribution in [0, 0.1) is 0 Å². The highest BCUT2D eigenvalue weighted by atomic mass is 15.3. The van der Waals surface area contributed by atoms with Crippen molar-refractivity contribution in [1.29, 1.82) is 0 Å². The zero-order valence-electron chi connectivity index (χ0n) is 13.9. The summed E-state index contributed by atoms with van der Waals surface area (Å²) in [6.45, 7) is 0. The summed E-state index contributed by atoms with van der Waals surface area (Å²) in [5.41, 5.74) is 2.80. The lowest BCUT2D eigenvalue weighted by Crippen LogP contribution is -2.58. The second-order valence-corrected chi connectivity index (χ2v) is 7.33. The van der Waals surface area contributed by atoms with Crippen LogP contribution in [-0.4, -0.2) is 22.6 Å². The Morgan fingerprint density at radius 1 is 0.667 bits per heavy atom. The van der Waals surface area contributed by atoms with Gasteiger partial charge in [0.05, 0.1) is 12.1 Å². The zero-order valence-corrected chi connectivity index (χ0v) is 13.9. The summed E-state index contributed by atoms with van der Waals surface area (Å²) in [5, 5.41) is 7.61. The first-order valence-corrected chi connectivity index (χ1v) is 9.17. The first kappa shape index (κ1) is 14.1. The van der Waals surface area contributed by atoms with Crippen LogP contribution >= 0.6 is 0 Å². The molecule has 3 aliphatic rings. The Labute approximate surface area is 143 Å². The van der Waals surface area contributed by atoms with E-state index in [1.54, 1.807) is 0 Å². The molecule has 2 aromatic carbocycles. The van der Waals surface area contributed by atoms with Gasteiger partial charge in [-0.15, -0.1) is 0 Å². The SMILES string of the molecule is c1ccc([C@@H]2C[C@@H]3CC[C@@H]4C[C@H](c5ccccc5)NC(=[N+]43)N2)cc1. The van der Waals surface area contributed by atoms with E-state index in [2.05, 4.69) is 75.9 Å². The van der Waals surface area contributed by atoms with Gasteiger partial charge in [-0.1, -0.05) is 60.7 Å². The molecule has 2 aromatic rings. The predicted molar refractivity (Wildman–Crippen MR) is 95.9 cm³/mol. The molecule has 122 valence electrons. The summed E-state index contributed by atoms with van der Waals surface area (Å²) in [4.78, 5) is 0. The molecular formula is C21H24N3+.